The number of amides is 1. The van der Waals surface area contributed by atoms with E-state index in [-0.39, 0.29) is 30.9 Å². The van der Waals surface area contributed by atoms with Crippen LogP contribution in [0.3, 0.4) is 0 Å². The molecule has 1 atom stereocenters. The molecule has 1 aliphatic heterocycles. The van der Waals surface area contributed by atoms with E-state index in [0.717, 1.165) is 16.7 Å². The zero-order valence-corrected chi connectivity index (χ0v) is 15.0. The summed E-state index contributed by atoms with van der Waals surface area (Å²) < 4.78 is 0. The van der Waals surface area contributed by atoms with Crippen molar-refractivity contribution >= 4 is 11.6 Å². The number of likely N-dealkylation sites (tertiary alicyclic amines) is 1. The van der Waals surface area contributed by atoms with Crippen molar-refractivity contribution in [1.82, 2.24) is 20.1 Å². The monoisotopic (exact) mass is 355 g/mol. The summed E-state index contributed by atoms with van der Waals surface area (Å²) in [6.45, 7) is 4.15. The average molecular weight is 355 g/mol. The zero-order valence-electron chi connectivity index (χ0n) is 15.0. The summed E-state index contributed by atoms with van der Waals surface area (Å²) in [6.07, 6.45) is 2.01. The molecule has 0 radical (unpaired) electrons. The van der Waals surface area contributed by atoms with Crippen LogP contribution in [0.15, 0.2) is 29.6 Å². The van der Waals surface area contributed by atoms with Crippen LogP contribution in [0.25, 0.3) is 11.3 Å². The molecular weight excluding hydrogens is 334 g/mol. The van der Waals surface area contributed by atoms with E-state index < -0.39 is 0 Å². The third kappa shape index (κ3) is 3.41. The number of aryl methyl sites for hydroxylation is 1. The fraction of sp³-hybridized carbons (Fsp3) is 0.389. The highest BCUT2D eigenvalue weighted by Gasteiger charge is 2.34. The Bertz CT molecular complexity index is 835. The fourth-order valence-corrected chi connectivity index (χ4v) is 3.02. The van der Waals surface area contributed by atoms with E-state index >= 15 is 0 Å². The number of aliphatic hydroxyl groups excluding tert-OH is 1. The summed E-state index contributed by atoms with van der Waals surface area (Å²) in [5, 5.41) is 21.6. The Morgan fingerprint density at radius 3 is 2.85 bits per heavy atom. The Balaban J connectivity index is 1.83. The number of benzene rings is 1. The summed E-state index contributed by atoms with van der Waals surface area (Å²) in [6, 6.07) is 5.56. The minimum absolute atomic E-state index is 0.00354. The topological polar surface area (TPSA) is 101 Å². The van der Waals surface area contributed by atoms with E-state index in [1.54, 1.807) is 6.20 Å². The number of rotatable bonds is 4. The predicted molar refractivity (Wildman–Crippen MR) is 95.7 cm³/mol. The van der Waals surface area contributed by atoms with Crippen molar-refractivity contribution < 1.29 is 14.7 Å². The van der Waals surface area contributed by atoms with Gasteiger partial charge in [-0.25, -0.2) is 4.98 Å². The van der Waals surface area contributed by atoms with E-state index in [1.807, 2.05) is 32.0 Å². The van der Waals surface area contributed by atoms with Gasteiger partial charge < -0.3 is 14.8 Å². The molecule has 0 bridgehead atoms. The number of carbonyl (C=O) groups excluding carboxylic acids is 1. The van der Waals surface area contributed by atoms with Gasteiger partial charge in [0.2, 0.25) is 5.82 Å². The summed E-state index contributed by atoms with van der Waals surface area (Å²) >= 11 is 0. The Hall–Kier alpha value is -2.87. The van der Waals surface area contributed by atoms with Crippen LogP contribution in [0, 0.1) is 13.8 Å². The lowest BCUT2D eigenvalue weighted by Gasteiger charge is -2.20. The first-order chi connectivity index (χ1) is 12.5. The van der Waals surface area contributed by atoms with Gasteiger partial charge in [-0.05, 0) is 25.0 Å². The molecule has 136 valence electrons. The summed E-state index contributed by atoms with van der Waals surface area (Å²) in [5.41, 5.74) is 4.50. The smallest absolute Gasteiger partial charge is 0.294 e. The van der Waals surface area contributed by atoms with Crippen LogP contribution in [0.5, 0.6) is 0 Å². The second kappa shape index (κ2) is 7.57. The van der Waals surface area contributed by atoms with Gasteiger partial charge in [0.25, 0.3) is 5.91 Å². The average Bonchev–Trinajstić information content (AvgIpc) is 3.07. The first kappa shape index (κ1) is 17.9. The Labute approximate surface area is 151 Å². The molecule has 8 nitrogen and oxygen atoms in total. The van der Waals surface area contributed by atoms with Crippen LogP contribution >= 0.6 is 0 Å². The molecule has 1 aliphatic rings. The molecule has 2 heterocycles. The fourth-order valence-electron chi connectivity index (χ4n) is 3.02. The minimum atomic E-state index is -0.384. The lowest BCUT2D eigenvalue weighted by atomic mass is 10.0. The standard InChI is InChI=1S/C18H21N5O3/c1-11-5-4-6-15(12(11)2)16-8-19-17(21-20-16)18(25)23-9-13(22-26-3)7-14(23)10-24/h4-6,8,14,24H,7,9-10H2,1-3H3/b22-13+. The van der Waals surface area contributed by atoms with Gasteiger partial charge in [-0.15, -0.1) is 10.2 Å². The molecule has 26 heavy (non-hydrogen) atoms. The Morgan fingerprint density at radius 2 is 2.19 bits per heavy atom. The van der Waals surface area contributed by atoms with Crippen molar-refractivity contribution in [2.45, 2.75) is 26.3 Å². The maximum atomic E-state index is 12.7. The first-order valence-electron chi connectivity index (χ1n) is 8.32. The van der Waals surface area contributed by atoms with E-state index in [0.29, 0.717) is 17.8 Å². The molecule has 0 aliphatic carbocycles. The van der Waals surface area contributed by atoms with Crippen molar-refractivity contribution in [3.05, 3.63) is 41.3 Å². The third-order valence-electron chi connectivity index (χ3n) is 4.59. The molecule has 0 saturated carbocycles. The minimum Gasteiger partial charge on any atom is -0.399 e. The SMILES string of the molecule is CO/N=C1\CC(CO)N(C(=O)c2ncc(-c3cccc(C)c3C)nn2)C1. The molecule has 1 N–H and O–H groups in total. The van der Waals surface area contributed by atoms with Crippen LogP contribution in [-0.2, 0) is 4.84 Å². The molecule has 2 aromatic rings. The van der Waals surface area contributed by atoms with E-state index in [4.69, 9.17) is 4.84 Å². The van der Waals surface area contributed by atoms with Gasteiger partial charge in [-0.3, -0.25) is 4.79 Å². The number of aliphatic hydroxyl groups is 1. The quantitative estimate of drug-likeness (QED) is 0.831. The molecule has 1 unspecified atom stereocenters. The molecule has 1 fully saturated rings. The first-order valence-corrected chi connectivity index (χ1v) is 8.32. The number of carbonyl (C=O) groups is 1. The molecule has 0 spiro atoms. The lowest BCUT2D eigenvalue weighted by molar-refractivity contribution is 0.0666. The highest BCUT2D eigenvalue weighted by molar-refractivity contribution is 5.98. The second-order valence-corrected chi connectivity index (χ2v) is 6.23. The lowest BCUT2D eigenvalue weighted by Crippen LogP contribution is -2.38. The third-order valence-corrected chi connectivity index (χ3v) is 4.59. The number of nitrogens with zero attached hydrogens (tertiary/aromatic N) is 5. The van der Waals surface area contributed by atoms with Gasteiger partial charge in [-0.2, -0.15) is 0 Å². The normalized spacial score (nSPS) is 18.4. The highest BCUT2D eigenvalue weighted by atomic mass is 16.6. The van der Waals surface area contributed by atoms with Crippen LogP contribution in [-0.4, -0.2) is 63.1 Å². The maximum absolute atomic E-state index is 12.7. The van der Waals surface area contributed by atoms with Gasteiger partial charge in [0.1, 0.15) is 12.8 Å². The van der Waals surface area contributed by atoms with Gasteiger partial charge >= 0.3 is 0 Å². The molecule has 1 saturated heterocycles. The zero-order chi connectivity index (χ0) is 18.7. The van der Waals surface area contributed by atoms with Crippen molar-refractivity contribution in [3.8, 4) is 11.3 Å². The van der Waals surface area contributed by atoms with Crippen molar-refractivity contribution in [2.24, 2.45) is 5.16 Å². The summed E-state index contributed by atoms with van der Waals surface area (Å²) in [7, 11) is 1.45. The second-order valence-electron chi connectivity index (χ2n) is 6.23. The highest BCUT2D eigenvalue weighted by Crippen LogP contribution is 2.23. The number of oxime groups is 1. The number of aromatic nitrogens is 3. The van der Waals surface area contributed by atoms with Crippen LogP contribution < -0.4 is 0 Å². The van der Waals surface area contributed by atoms with E-state index in [2.05, 4.69) is 20.3 Å². The molecule has 1 amide bonds. The van der Waals surface area contributed by atoms with Gasteiger partial charge in [-0.1, -0.05) is 23.4 Å². The van der Waals surface area contributed by atoms with Crippen LogP contribution in [0.2, 0.25) is 0 Å². The van der Waals surface area contributed by atoms with Gasteiger partial charge in [0, 0.05) is 12.0 Å². The predicted octanol–water partition coefficient (Wildman–Crippen LogP) is 1.36. The Morgan fingerprint density at radius 1 is 1.38 bits per heavy atom. The van der Waals surface area contributed by atoms with Gasteiger partial charge in [0.05, 0.1) is 31.1 Å². The molecular formula is C18H21N5O3. The van der Waals surface area contributed by atoms with E-state index in [1.165, 1.54) is 12.0 Å². The van der Waals surface area contributed by atoms with Gasteiger partial charge in [0.15, 0.2) is 0 Å². The van der Waals surface area contributed by atoms with E-state index in [9.17, 15) is 9.90 Å². The van der Waals surface area contributed by atoms with Crippen LogP contribution in [0.4, 0.5) is 0 Å². The molecule has 1 aromatic carbocycles. The Kier molecular flexibility index (Phi) is 5.22. The van der Waals surface area contributed by atoms with Crippen molar-refractivity contribution in [3.63, 3.8) is 0 Å². The summed E-state index contributed by atoms with van der Waals surface area (Å²) in [4.78, 5) is 23.1. The molecule has 8 heteroatoms. The molecule has 1 aromatic heterocycles. The number of hydrogen-bond acceptors (Lipinski definition) is 7. The van der Waals surface area contributed by atoms with Crippen LogP contribution in [0.1, 0.15) is 28.2 Å². The van der Waals surface area contributed by atoms with Crippen molar-refractivity contribution in [2.75, 3.05) is 20.3 Å². The maximum Gasteiger partial charge on any atom is 0.294 e. The van der Waals surface area contributed by atoms with Crippen molar-refractivity contribution in [1.29, 1.82) is 0 Å². The summed E-state index contributed by atoms with van der Waals surface area (Å²) in [5.74, 6) is -0.387. The molecule has 3 rings (SSSR count). The number of hydrogen-bond donors (Lipinski definition) is 1. The largest absolute Gasteiger partial charge is 0.399 e.